The molecule has 0 amide bonds. The van der Waals surface area contributed by atoms with Crippen LogP contribution in [-0.4, -0.2) is 28.1 Å². The first-order valence-electron chi connectivity index (χ1n) is 11.0. The molecule has 0 bridgehead atoms. The average molecular weight is 447 g/mol. The Hall–Kier alpha value is -2.03. The molecule has 0 aliphatic heterocycles. The molecule has 30 heavy (non-hydrogen) atoms. The highest BCUT2D eigenvalue weighted by atomic mass is 28.4. The summed E-state index contributed by atoms with van der Waals surface area (Å²) >= 11 is 0. The van der Waals surface area contributed by atoms with Crippen LogP contribution < -0.4 is 5.19 Å². The molecule has 154 valence electrons. The minimum Gasteiger partial charge on any atom is -0.435 e. The van der Waals surface area contributed by atoms with Gasteiger partial charge in [-0.1, -0.05) is 97.1 Å². The number of benzene rings is 3. The van der Waals surface area contributed by atoms with Crippen LogP contribution in [0.5, 0.6) is 0 Å². The Morgan fingerprint density at radius 3 is 1.63 bits per heavy atom. The molecule has 0 fully saturated rings. The number of allylic oxidation sites excluding steroid dienone is 2. The van der Waals surface area contributed by atoms with E-state index in [2.05, 4.69) is 97.1 Å². The van der Waals surface area contributed by atoms with Crippen LogP contribution in [0, 0.1) is 0 Å². The van der Waals surface area contributed by atoms with Gasteiger partial charge < -0.3 is 8.23 Å². The molecule has 5 heteroatoms. The SMILES string of the molecule is C1=C([Si](O[SiH2]Cc2ccccc2)(O[SiH2]Cc2ccccc2)c2ccccc2)CCC1. The minimum atomic E-state index is -2.56. The van der Waals surface area contributed by atoms with E-state index in [9.17, 15) is 0 Å². The number of hydrogen-bond donors (Lipinski definition) is 0. The first-order valence-corrected chi connectivity index (χ1v) is 15.9. The molecule has 4 rings (SSSR count). The number of hydrogen-bond acceptors (Lipinski definition) is 2. The van der Waals surface area contributed by atoms with Gasteiger partial charge in [0, 0.05) is 0 Å². The Labute approximate surface area is 186 Å². The molecular weight excluding hydrogens is 417 g/mol. The van der Waals surface area contributed by atoms with Crippen LogP contribution in [0.15, 0.2) is 102 Å². The quantitative estimate of drug-likeness (QED) is 0.443. The molecule has 1 aliphatic carbocycles. The van der Waals surface area contributed by atoms with Gasteiger partial charge in [-0.05, 0) is 52.9 Å². The van der Waals surface area contributed by atoms with Crippen molar-refractivity contribution in [2.75, 3.05) is 0 Å². The molecule has 1 aliphatic rings. The summed E-state index contributed by atoms with van der Waals surface area (Å²) in [6.07, 6.45) is 5.93. The Morgan fingerprint density at radius 2 is 1.17 bits per heavy atom. The van der Waals surface area contributed by atoms with Gasteiger partial charge in [0.1, 0.15) is 0 Å². The lowest BCUT2D eigenvalue weighted by atomic mass is 10.2. The molecular formula is C25H30O2Si3. The summed E-state index contributed by atoms with van der Waals surface area (Å²) in [5, 5.41) is 2.76. The lowest BCUT2D eigenvalue weighted by Gasteiger charge is -2.34. The van der Waals surface area contributed by atoms with Gasteiger partial charge in [-0.25, -0.2) is 0 Å². The summed E-state index contributed by atoms with van der Waals surface area (Å²) in [5.74, 6) is 0. The van der Waals surface area contributed by atoms with Crippen molar-refractivity contribution in [3.05, 3.63) is 113 Å². The standard InChI is InChI=1S/C25H30O2Si3/c1-4-12-22(13-5-1)20-28-26-30(25-18-10-11-19-25,24-16-8-3-9-17-24)27-29-21-23-14-6-2-7-15-23/h1-9,12-18H,10-11,19-21,28-29H2. The van der Waals surface area contributed by atoms with Gasteiger partial charge in [0.25, 0.3) is 0 Å². The zero-order valence-corrected chi connectivity index (χ0v) is 21.3. The molecule has 0 unspecified atom stereocenters. The van der Waals surface area contributed by atoms with Crippen molar-refractivity contribution in [2.45, 2.75) is 31.4 Å². The molecule has 3 aromatic rings. The maximum atomic E-state index is 6.96. The highest BCUT2D eigenvalue weighted by molar-refractivity contribution is 6.92. The Kier molecular flexibility index (Phi) is 7.66. The lowest BCUT2D eigenvalue weighted by molar-refractivity contribution is 0.436. The van der Waals surface area contributed by atoms with Crippen LogP contribution in [0.3, 0.4) is 0 Å². The Morgan fingerprint density at radius 1 is 0.667 bits per heavy atom. The Balaban J connectivity index is 1.55. The fourth-order valence-corrected chi connectivity index (χ4v) is 14.2. The molecule has 0 saturated heterocycles. The smallest absolute Gasteiger partial charge is 0.381 e. The van der Waals surface area contributed by atoms with E-state index in [4.69, 9.17) is 8.23 Å². The van der Waals surface area contributed by atoms with Gasteiger partial charge in [-0.3, -0.25) is 0 Å². The van der Waals surface area contributed by atoms with E-state index in [1.54, 1.807) is 0 Å². The van der Waals surface area contributed by atoms with Gasteiger partial charge in [-0.15, -0.1) is 0 Å². The predicted octanol–water partition coefficient (Wildman–Crippen LogP) is 3.59. The van der Waals surface area contributed by atoms with Crippen molar-refractivity contribution >= 4 is 33.3 Å². The monoisotopic (exact) mass is 446 g/mol. The zero-order valence-electron chi connectivity index (χ0n) is 17.5. The fraction of sp³-hybridized carbons (Fsp3) is 0.200. The van der Waals surface area contributed by atoms with Crippen LogP contribution >= 0.6 is 0 Å². The van der Waals surface area contributed by atoms with Crippen LogP contribution in [0.2, 0.25) is 0 Å². The minimum absolute atomic E-state index is 0.741. The van der Waals surface area contributed by atoms with Crippen LogP contribution in [0.4, 0.5) is 0 Å². The van der Waals surface area contributed by atoms with E-state index in [1.165, 1.54) is 27.9 Å². The topological polar surface area (TPSA) is 18.5 Å². The third kappa shape index (κ3) is 5.36. The largest absolute Gasteiger partial charge is 0.435 e. The summed E-state index contributed by atoms with van der Waals surface area (Å²) < 4.78 is 13.9. The van der Waals surface area contributed by atoms with Crippen molar-refractivity contribution in [2.24, 2.45) is 0 Å². The molecule has 2 nitrogen and oxygen atoms in total. The van der Waals surface area contributed by atoms with Gasteiger partial charge in [0.15, 0.2) is 19.5 Å². The van der Waals surface area contributed by atoms with E-state index in [0.717, 1.165) is 24.9 Å². The van der Waals surface area contributed by atoms with Crippen molar-refractivity contribution in [1.29, 1.82) is 0 Å². The molecule has 0 heterocycles. The third-order valence-corrected chi connectivity index (χ3v) is 14.5. The second-order valence-corrected chi connectivity index (χ2v) is 14.4. The van der Waals surface area contributed by atoms with Crippen molar-refractivity contribution in [3.8, 4) is 0 Å². The fourth-order valence-electron chi connectivity index (χ4n) is 4.12. The van der Waals surface area contributed by atoms with E-state index >= 15 is 0 Å². The van der Waals surface area contributed by atoms with Crippen LogP contribution in [-0.2, 0) is 20.3 Å². The summed E-state index contributed by atoms with van der Waals surface area (Å²) in [6.45, 7) is 0. The van der Waals surface area contributed by atoms with Gasteiger partial charge in [-0.2, -0.15) is 0 Å². The van der Waals surface area contributed by atoms with E-state index in [0.29, 0.717) is 0 Å². The maximum absolute atomic E-state index is 6.96. The highest BCUT2D eigenvalue weighted by Crippen LogP contribution is 2.29. The molecule has 0 aromatic heterocycles. The van der Waals surface area contributed by atoms with Crippen LogP contribution in [0.1, 0.15) is 30.4 Å². The van der Waals surface area contributed by atoms with Crippen molar-refractivity contribution in [1.82, 2.24) is 0 Å². The summed E-state index contributed by atoms with van der Waals surface area (Å²) in [6, 6.07) is 34.4. The number of rotatable bonds is 10. The summed E-state index contributed by atoms with van der Waals surface area (Å²) in [4.78, 5) is 0. The van der Waals surface area contributed by atoms with Gasteiger partial charge >= 0.3 is 8.56 Å². The maximum Gasteiger partial charge on any atom is 0.381 e. The van der Waals surface area contributed by atoms with Crippen LogP contribution in [0.25, 0.3) is 0 Å². The average Bonchev–Trinajstić information content (AvgIpc) is 3.36. The van der Waals surface area contributed by atoms with Gasteiger partial charge in [0.2, 0.25) is 0 Å². The molecule has 0 saturated carbocycles. The van der Waals surface area contributed by atoms with E-state index in [-0.39, 0.29) is 0 Å². The first-order chi connectivity index (χ1) is 14.9. The second kappa shape index (κ2) is 10.8. The summed E-state index contributed by atoms with van der Waals surface area (Å²) in [7, 11) is -4.04. The van der Waals surface area contributed by atoms with E-state index in [1.807, 2.05) is 0 Å². The van der Waals surface area contributed by atoms with E-state index < -0.39 is 28.1 Å². The predicted molar refractivity (Wildman–Crippen MR) is 133 cm³/mol. The normalized spacial score (nSPS) is 16.3. The second-order valence-electron chi connectivity index (χ2n) is 7.77. The highest BCUT2D eigenvalue weighted by Gasteiger charge is 2.43. The first kappa shape index (κ1) is 21.2. The van der Waals surface area contributed by atoms with Crippen molar-refractivity contribution < 1.29 is 8.23 Å². The summed E-state index contributed by atoms with van der Waals surface area (Å²) in [5.41, 5.74) is 2.75. The zero-order chi connectivity index (χ0) is 20.5. The third-order valence-electron chi connectivity index (χ3n) is 5.70. The van der Waals surface area contributed by atoms with Crippen molar-refractivity contribution in [3.63, 3.8) is 0 Å². The lowest BCUT2D eigenvalue weighted by Crippen LogP contribution is -2.57. The Bertz CT molecular complexity index is 885. The molecule has 0 N–H and O–H groups in total. The van der Waals surface area contributed by atoms with Gasteiger partial charge in [0.05, 0.1) is 0 Å². The molecule has 0 radical (unpaired) electrons. The molecule has 0 atom stereocenters. The molecule has 3 aromatic carbocycles. The molecule has 0 spiro atoms.